The fraction of sp³-hybridized carbons (Fsp3) is 0.294. The lowest BCUT2D eigenvalue weighted by Gasteiger charge is -2.36. The molecular formula is C17H21N5O4. The first kappa shape index (κ1) is 19.3. The van der Waals surface area contributed by atoms with E-state index in [1.165, 1.54) is 17.2 Å². The summed E-state index contributed by atoms with van der Waals surface area (Å²) in [5, 5.41) is 12.6. The van der Waals surface area contributed by atoms with E-state index in [2.05, 4.69) is 5.10 Å². The third kappa shape index (κ3) is 3.79. The molecule has 1 aliphatic rings. The number of hydrazone groups is 1. The summed E-state index contributed by atoms with van der Waals surface area (Å²) in [5.41, 5.74) is 10.5. The summed E-state index contributed by atoms with van der Waals surface area (Å²) in [5.74, 6) is 1.12. The molecule has 1 fully saturated rings. The number of hydrogen-bond donors (Lipinski definition) is 4. The van der Waals surface area contributed by atoms with Crippen molar-refractivity contribution in [3.8, 4) is 0 Å². The Bertz CT molecular complexity index is 766. The van der Waals surface area contributed by atoms with Gasteiger partial charge in [-0.25, -0.2) is 4.79 Å². The van der Waals surface area contributed by atoms with Crippen LogP contribution in [0.15, 0.2) is 34.9 Å². The second kappa shape index (κ2) is 7.89. The third-order valence-corrected chi connectivity index (χ3v) is 4.29. The maximum absolute atomic E-state index is 12.4. The molecule has 1 amide bonds. The average molecular weight is 359 g/mol. The van der Waals surface area contributed by atoms with Gasteiger partial charge in [0.05, 0.1) is 11.8 Å². The van der Waals surface area contributed by atoms with Gasteiger partial charge in [0, 0.05) is 13.1 Å². The van der Waals surface area contributed by atoms with Crippen LogP contribution in [0.5, 0.6) is 0 Å². The zero-order valence-electron chi connectivity index (χ0n) is 14.1. The van der Waals surface area contributed by atoms with Gasteiger partial charge >= 0.3 is 5.97 Å². The van der Waals surface area contributed by atoms with Gasteiger partial charge in [0.1, 0.15) is 0 Å². The van der Waals surface area contributed by atoms with Crippen molar-refractivity contribution in [2.24, 2.45) is 22.4 Å². The average Bonchev–Trinajstić information content (AvgIpc) is 3.15. The van der Waals surface area contributed by atoms with Crippen molar-refractivity contribution >= 4 is 30.0 Å². The minimum absolute atomic E-state index is 0.271. The first-order valence-electron chi connectivity index (χ1n) is 7.97. The van der Waals surface area contributed by atoms with Gasteiger partial charge in [0.2, 0.25) is 5.91 Å². The summed E-state index contributed by atoms with van der Waals surface area (Å²) in [4.78, 5) is 37.3. The van der Waals surface area contributed by atoms with Crippen LogP contribution in [0.4, 0.5) is 0 Å². The first-order chi connectivity index (χ1) is 12.3. The van der Waals surface area contributed by atoms with Gasteiger partial charge in [-0.1, -0.05) is 24.3 Å². The summed E-state index contributed by atoms with van der Waals surface area (Å²) >= 11 is 0. The van der Waals surface area contributed by atoms with E-state index in [0.29, 0.717) is 18.7 Å². The molecule has 9 nitrogen and oxygen atoms in total. The number of rotatable bonds is 7. The van der Waals surface area contributed by atoms with E-state index in [-0.39, 0.29) is 5.57 Å². The Labute approximate surface area is 150 Å². The first-order valence-corrected chi connectivity index (χ1v) is 7.97. The molecule has 0 spiro atoms. The third-order valence-electron chi connectivity index (χ3n) is 4.29. The normalized spacial score (nSPS) is 18.0. The Kier molecular flexibility index (Phi) is 5.86. The lowest BCUT2D eigenvalue weighted by atomic mass is 9.90. The molecule has 0 aromatic heterocycles. The number of primary amides is 1. The Morgan fingerprint density at radius 1 is 1.12 bits per heavy atom. The van der Waals surface area contributed by atoms with Crippen molar-refractivity contribution in [1.82, 2.24) is 4.90 Å². The standard InChI is InChI=1S/C17H21N5O4/c18-15(24)13(9-11-3-5-12(6-4-11)10-21-20)17(19,14(23)16(25)26)22-7-1-2-8-22/h3-6,9-10H,1-2,7-8,19-20H2,(H2,18,24)(H,25,26). The van der Waals surface area contributed by atoms with Crippen molar-refractivity contribution in [1.29, 1.82) is 0 Å². The van der Waals surface area contributed by atoms with Gasteiger partial charge in [0.25, 0.3) is 5.78 Å². The molecular weight excluding hydrogens is 338 g/mol. The number of benzene rings is 1. The van der Waals surface area contributed by atoms with E-state index in [4.69, 9.17) is 17.3 Å². The molecule has 1 atom stereocenters. The van der Waals surface area contributed by atoms with Crippen molar-refractivity contribution in [2.45, 2.75) is 18.5 Å². The molecule has 1 aromatic carbocycles. The Balaban J connectivity index is 2.54. The largest absolute Gasteiger partial charge is 0.475 e. The van der Waals surface area contributed by atoms with Gasteiger partial charge in [-0.15, -0.1) is 0 Å². The van der Waals surface area contributed by atoms with Crippen LogP contribution in [-0.4, -0.2) is 52.6 Å². The molecule has 9 heteroatoms. The minimum Gasteiger partial charge on any atom is -0.475 e. The predicted molar refractivity (Wildman–Crippen MR) is 95.8 cm³/mol. The van der Waals surface area contributed by atoms with Gasteiger partial charge in [0.15, 0.2) is 5.66 Å². The van der Waals surface area contributed by atoms with E-state index >= 15 is 0 Å². The zero-order chi connectivity index (χ0) is 19.3. The lowest BCUT2D eigenvalue weighted by molar-refractivity contribution is -0.154. The van der Waals surface area contributed by atoms with Crippen molar-refractivity contribution in [3.63, 3.8) is 0 Å². The van der Waals surface area contributed by atoms with E-state index < -0.39 is 23.3 Å². The highest BCUT2D eigenvalue weighted by Crippen LogP contribution is 2.27. The van der Waals surface area contributed by atoms with Crippen LogP contribution in [0.1, 0.15) is 24.0 Å². The van der Waals surface area contributed by atoms with Crippen molar-refractivity contribution in [2.75, 3.05) is 13.1 Å². The number of carboxylic acids is 1. The molecule has 1 unspecified atom stereocenters. The Morgan fingerprint density at radius 3 is 2.12 bits per heavy atom. The van der Waals surface area contributed by atoms with Crippen LogP contribution in [0, 0.1) is 0 Å². The maximum atomic E-state index is 12.4. The van der Waals surface area contributed by atoms with Crippen LogP contribution >= 0.6 is 0 Å². The van der Waals surface area contributed by atoms with Crippen LogP contribution < -0.4 is 17.3 Å². The molecule has 1 aliphatic heterocycles. The van der Waals surface area contributed by atoms with Gasteiger partial charge in [-0.3, -0.25) is 14.5 Å². The topological polar surface area (TPSA) is 165 Å². The van der Waals surface area contributed by atoms with Crippen molar-refractivity contribution in [3.05, 3.63) is 41.0 Å². The molecule has 7 N–H and O–H groups in total. The molecule has 0 radical (unpaired) electrons. The highest BCUT2D eigenvalue weighted by molar-refractivity contribution is 6.38. The second-order valence-electron chi connectivity index (χ2n) is 5.96. The Morgan fingerprint density at radius 2 is 1.65 bits per heavy atom. The van der Waals surface area contributed by atoms with Gasteiger partial charge < -0.3 is 22.4 Å². The van der Waals surface area contributed by atoms with Crippen molar-refractivity contribution < 1.29 is 19.5 Å². The number of carbonyl (C=O) groups excluding carboxylic acids is 2. The minimum atomic E-state index is -2.12. The molecule has 2 rings (SSSR count). The van der Waals surface area contributed by atoms with Crippen LogP contribution in [0.25, 0.3) is 6.08 Å². The number of Topliss-reactive ketones (excluding diaryl/α,β-unsaturated/α-hetero) is 1. The summed E-state index contributed by atoms with van der Waals surface area (Å²) < 4.78 is 0. The van der Waals surface area contributed by atoms with E-state index in [1.807, 2.05) is 0 Å². The molecule has 0 saturated carbocycles. The van der Waals surface area contributed by atoms with Gasteiger partial charge in [-0.05, 0) is 30.0 Å². The summed E-state index contributed by atoms with van der Waals surface area (Å²) in [6.07, 6.45) is 4.26. The summed E-state index contributed by atoms with van der Waals surface area (Å²) in [7, 11) is 0. The van der Waals surface area contributed by atoms with E-state index in [0.717, 1.165) is 18.4 Å². The van der Waals surface area contributed by atoms with Crippen LogP contribution in [0.2, 0.25) is 0 Å². The quantitative estimate of drug-likeness (QED) is 0.163. The fourth-order valence-electron chi connectivity index (χ4n) is 2.97. The number of carboxylic acid groups (broad SMARTS) is 1. The lowest BCUT2D eigenvalue weighted by Crippen LogP contribution is -2.65. The summed E-state index contributed by atoms with van der Waals surface area (Å²) in [6, 6.07) is 6.67. The number of nitrogens with two attached hydrogens (primary N) is 3. The molecule has 0 aliphatic carbocycles. The summed E-state index contributed by atoms with van der Waals surface area (Å²) in [6.45, 7) is 0.790. The molecule has 1 heterocycles. The number of hydrogen-bond acceptors (Lipinski definition) is 7. The molecule has 1 saturated heterocycles. The smallest absolute Gasteiger partial charge is 0.376 e. The number of nitrogens with zero attached hydrogens (tertiary/aromatic N) is 2. The molecule has 138 valence electrons. The van der Waals surface area contributed by atoms with Gasteiger partial charge in [-0.2, -0.15) is 5.10 Å². The van der Waals surface area contributed by atoms with E-state index in [9.17, 15) is 19.5 Å². The molecule has 26 heavy (non-hydrogen) atoms. The highest BCUT2D eigenvalue weighted by Gasteiger charge is 2.49. The predicted octanol–water partition coefficient (Wildman–Crippen LogP) is -0.748. The monoisotopic (exact) mass is 359 g/mol. The number of carbonyl (C=O) groups is 3. The fourth-order valence-corrected chi connectivity index (χ4v) is 2.97. The van der Waals surface area contributed by atoms with E-state index in [1.54, 1.807) is 24.3 Å². The zero-order valence-corrected chi connectivity index (χ0v) is 14.1. The molecule has 1 aromatic rings. The number of likely N-dealkylation sites (tertiary alicyclic amines) is 1. The maximum Gasteiger partial charge on any atom is 0.376 e. The highest BCUT2D eigenvalue weighted by atomic mass is 16.4. The number of ketones is 1. The van der Waals surface area contributed by atoms with Crippen LogP contribution in [0.3, 0.4) is 0 Å². The Hall–Kier alpha value is -3.04. The second-order valence-corrected chi connectivity index (χ2v) is 5.96. The van der Waals surface area contributed by atoms with Crippen LogP contribution in [-0.2, 0) is 14.4 Å². The molecule has 0 bridgehead atoms. The number of amides is 1. The SMILES string of the molecule is NN=Cc1ccc(C=C(C(N)=O)C(N)(C(=O)C(=O)O)N2CCCC2)cc1. The number of aliphatic carboxylic acids is 1.